The minimum absolute atomic E-state index is 0.250. The summed E-state index contributed by atoms with van der Waals surface area (Å²) in [6.45, 7) is 8.33. The molecule has 9 heteroatoms. The first-order chi connectivity index (χ1) is 12.6. The lowest BCUT2D eigenvalue weighted by Crippen LogP contribution is -2.40. The molecule has 1 aromatic heterocycles. The van der Waals surface area contributed by atoms with Crippen LogP contribution in [0.3, 0.4) is 0 Å². The van der Waals surface area contributed by atoms with Crippen molar-refractivity contribution >= 4 is 17.7 Å². The molecule has 0 fully saturated rings. The van der Waals surface area contributed by atoms with Gasteiger partial charge < -0.3 is 14.7 Å². The number of ether oxygens (including phenoxy) is 1. The first kappa shape index (κ1) is 19.3. The first-order valence-electron chi connectivity index (χ1n) is 9.20. The number of rotatable bonds is 2. The lowest BCUT2D eigenvalue weighted by molar-refractivity contribution is 0.0222. The Bertz CT molecular complexity index is 792. The standard InChI is InChI=1S/C18H27N5O4/c1-6-14(24)13-10-23-15(16(25)21(5)19-13)11-9-22(8-7-12(11)20-23)17(26)27-18(2,3)4/h14,24H,6-10H2,1-5H3. The second-order valence-electron chi connectivity index (χ2n) is 7.93. The molecule has 0 bridgehead atoms. The van der Waals surface area contributed by atoms with Crippen molar-refractivity contribution in [2.75, 3.05) is 13.6 Å². The van der Waals surface area contributed by atoms with Gasteiger partial charge in [0.25, 0.3) is 5.91 Å². The van der Waals surface area contributed by atoms with E-state index in [0.717, 1.165) is 11.3 Å². The van der Waals surface area contributed by atoms with Gasteiger partial charge in [-0.15, -0.1) is 0 Å². The van der Waals surface area contributed by atoms with Gasteiger partial charge in [-0.25, -0.2) is 9.80 Å². The monoisotopic (exact) mass is 377 g/mol. The molecule has 1 atom stereocenters. The summed E-state index contributed by atoms with van der Waals surface area (Å²) in [5, 5.41) is 20.2. The fourth-order valence-corrected chi connectivity index (χ4v) is 3.25. The van der Waals surface area contributed by atoms with Crippen LogP contribution in [-0.2, 0) is 24.2 Å². The Balaban J connectivity index is 1.91. The predicted octanol–water partition coefficient (Wildman–Crippen LogP) is 1.39. The number of hydrazone groups is 1. The fourth-order valence-electron chi connectivity index (χ4n) is 3.25. The molecule has 3 heterocycles. The van der Waals surface area contributed by atoms with E-state index in [1.54, 1.807) is 16.6 Å². The van der Waals surface area contributed by atoms with Crippen LogP contribution in [0.2, 0.25) is 0 Å². The zero-order valence-corrected chi connectivity index (χ0v) is 16.5. The second kappa shape index (κ2) is 6.95. The SMILES string of the molecule is CCC(O)C1=NN(C)C(=O)c2c3c(nn2C1)CCN(C(=O)OC(C)(C)C)C3. The van der Waals surface area contributed by atoms with Gasteiger partial charge in [0.15, 0.2) is 0 Å². The molecule has 0 saturated heterocycles. The van der Waals surface area contributed by atoms with Crippen LogP contribution in [0, 0.1) is 0 Å². The van der Waals surface area contributed by atoms with E-state index < -0.39 is 17.8 Å². The Hall–Kier alpha value is -2.42. The molecule has 0 aromatic carbocycles. The minimum Gasteiger partial charge on any atom is -0.444 e. The van der Waals surface area contributed by atoms with Crippen LogP contribution >= 0.6 is 0 Å². The molecule has 2 aliphatic heterocycles. The van der Waals surface area contributed by atoms with E-state index in [4.69, 9.17) is 4.74 Å². The topological polar surface area (TPSA) is 100 Å². The number of hydrogen-bond donors (Lipinski definition) is 1. The summed E-state index contributed by atoms with van der Waals surface area (Å²) in [6.07, 6.45) is -0.0793. The fraction of sp³-hybridized carbons (Fsp3) is 0.667. The van der Waals surface area contributed by atoms with Crippen molar-refractivity contribution in [3.63, 3.8) is 0 Å². The number of carbonyl (C=O) groups excluding carboxylic acids is 2. The number of hydrogen-bond acceptors (Lipinski definition) is 6. The number of fused-ring (bicyclic) bond motifs is 3. The minimum atomic E-state index is -0.731. The van der Waals surface area contributed by atoms with Gasteiger partial charge in [0.1, 0.15) is 11.3 Å². The summed E-state index contributed by atoms with van der Waals surface area (Å²) in [5.41, 5.74) is 1.87. The highest BCUT2D eigenvalue weighted by Gasteiger charge is 2.35. The molecule has 0 spiro atoms. The van der Waals surface area contributed by atoms with Gasteiger partial charge in [-0.3, -0.25) is 9.48 Å². The van der Waals surface area contributed by atoms with Crippen LogP contribution in [-0.4, -0.2) is 67.8 Å². The zero-order valence-electron chi connectivity index (χ0n) is 16.5. The van der Waals surface area contributed by atoms with E-state index in [2.05, 4.69) is 10.2 Å². The Morgan fingerprint density at radius 1 is 1.33 bits per heavy atom. The number of carbonyl (C=O) groups is 2. The van der Waals surface area contributed by atoms with Crippen molar-refractivity contribution in [3.8, 4) is 0 Å². The molecule has 1 aromatic rings. The quantitative estimate of drug-likeness (QED) is 0.839. The smallest absolute Gasteiger partial charge is 0.410 e. The maximum atomic E-state index is 12.9. The van der Waals surface area contributed by atoms with Gasteiger partial charge in [0, 0.05) is 25.6 Å². The summed E-state index contributed by atoms with van der Waals surface area (Å²) in [6, 6.07) is 0. The Kier molecular flexibility index (Phi) is 4.98. The summed E-state index contributed by atoms with van der Waals surface area (Å²) in [4.78, 5) is 26.9. The lowest BCUT2D eigenvalue weighted by Gasteiger charge is -2.30. The van der Waals surface area contributed by atoms with Crippen molar-refractivity contribution in [2.45, 2.75) is 65.3 Å². The summed E-state index contributed by atoms with van der Waals surface area (Å²) in [7, 11) is 1.56. The summed E-state index contributed by atoms with van der Waals surface area (Å²) < 4.78 is 7.06. The van der Waals surface area contributed by atoms with Crippen molar-refractivity contribution in [1.29, 1.82) is 0 Å². The van der Waals surface area contributed by atoms with Crippen LogP contribution in [0.1, 0.15) is 55.9 Å². The van der Waals surface area contributed by atoms with E-state index in [-0.39, 0.29) is 19.0 Å². The number of amides is 2. The van der Waals surface area contributed by atoms with Crippen LogP contribution in [0.25, 0.3) is 0 Å². The predicted molar refractivity (Wildman–Crippen MR) is 98.4 cm³/mol. The van der Waals surface area contributed by atoms with Gasteiger partial charge in [0.2, 0.25) is 0 Å². The average molecular weight is 377 g/mol. The van der Waals surface area contributed by atoms with Crippen LogP contribution in [0.4, 0.5) is 4.79 Å². The van der Waals surface area contributed by atoms with Crippen molar-refractivity contribution in [2.24, 2.45) is 5.10 Å². The Labute approximate surface area is 158 Å². The third kappa shape index (κ3) is 3.83. The molecule has 148 valence electrons. The Morgan fingerprint density at radius 2 is 2.04 bits per heavy atom. The number of nitrogens with zero attached hydrogens (tertiary/aromatic N) is 5. The van der Waals surface area contributed by atoms with E-state index >= 15 is 0 Å². The van der Waals surface area contributed by atoms with Gasteiger partial charge in [-0.1, -0.05) is 6.92 Å². The lowest BCUT2D eigenvalue weighted by atomic mass is 10.1. The molecule has 3 rings (SSSR count). The normalized spacial score (nSPS) is 18.4. The van der Waals surface area contributed by atoms with E-state index in [1.807, 2.05) is 27.7 Å². The first-order valence-corrected chi connectivity index (χ1v) is 9.20. The van der Waals surface area contributed by atoms with Crippen molar-refractivity contribution < 1.29 is 19.4 Å². The number of aliphatic hydroxyl groups is 1. The van der Waals surface area contributed by atoms with Crippen LogP contribution < -0.4 is 0 Å². The maximum Gasteiger partial charge on any atom is 0.410 e. The molecule has 2 amide bonds. The Morgan fingerprint density at radius 3 is 2.67 bits per heavy atom. The highest BCUT2D eigenvalue weighted by molar-refractivity contribution is 5.98. The molecule has 1 N–H and O–H groups in total. The average Bonchev–Trinajstić information content (AvgIpc) is 2.89. The van der Waals surface area contributed by atoms with Gasteiger partial charge >= 0.3 is 6.09 Å². The maximum absolute atomic E-state index is 12.9. The molecule has 9 nitrogen and oxygen atoms in total. The third-order valence-corrected chi connectivity index (χ3v) is 4.61. The number of aromatic nitrogens is 2. The van der Waals surface area contributed by atoms with E-state index in [0.29, 0.717) is 30.8 Å². The van der Waals surface area contributed by atoms with E-state index in [1.165, 1.54) is 5.01 Å². The highest BCUT2D eigenvalue weighted by Crippen LogP contribution is 2.26. The third-order valence-electron chi connectivity index (χ3n) is 4.61. The van der Waals surface area contributed by atoms with Gasteiger partial charge in [-0.2, -0.15) is 10.2 Å². The molecule has 0 radical (unpaired) electrons. The molecular formula is C18H27N5O4. The molecular weight excluding hydrogens is 350 g/mol. The summed E-state index contributed by atoms with van der Waals surface area (Å²) in [5.74, 6) is -0.298. The highest BCUT2D eigenvalue weighted by atomic mass is 16.6. The van der Waals surface area contributed by atoms with Crippen molar-refractivity contribution in [1.82, 2.24) is 19.7 Å². The van der Waals surface area contributed by atoms with Crippen molar-refractivity contribution in [3.05, 3.63) is 17.0 Å². The molecule has 1 unspecified atom stereocenters. The molecule has 0 aliphatic carbocycles. The van der Waals surface area contributed by atoms with Gasteiger partial charge in [0.05, 0.1) is 30.6 Å². The number of aliphatic hydroxyl groups excluding tert-OH is 1. The summed E-state index contributed by atoms with van der Waals surface area (Å²) >= 11 is 0. The molecule has 27 heavy (non-hydrogen) atoms. The largest absolute Gasteiger partial charge is 0.444 e. The van der Waals surface area contributed by atoms with Crippen LogP contribution in [0.15, 0.2) is 5.10 Å². The second-order valence-corrected chi connectivity index (χ2v) is 7.93. The molecule has 0 saturated carbocycles. The van der Waals surface area contributed by atoms with E-state index in [9.17, 15) is 14.7 Å². The zero-order chi connectivity index (χ0) is 19.9. The van der Waals surface area contributed by atoms with Crippen LogP contribution in [0.5, 0.6) is 0 Å². The molecule has 2 aliphatic rings. The van der Waals surface area contributed by atoms with Gasteiger partial charge in [-0.05, 0) is 27.2 Å².